The Morgan fingerprint density at radius 3 is 2.90 bits per heavy atom. The van der Waals surface area contributed by atoms with Crippen molar-refractivity contribution in [3.8, 4) is 0 Å². The van der Waals surface area contributed by atoms with E-state index in [0.29, 0.717) is 30.1 Å². The van der Waals surface area contributed by atoms with Crippen LogP contribution in [0.25, 0.3) is 11.2 Å². The van der Waals surface area contributed by atoms with Crippen LogP contribution in [-0.2, 0) is 11.4 Å². The number of hydrogen-bond donors (Lipinski definition) is 2. The number of aliphatic hydroxyl groups is 1. The number of aliphatic hydroxyl groups excluding tert-OH is 1. The number of aromatic nitrogens is 4. The van der Waals surface area contributed by atoms with Gasteiger partial charge in [0.2, 0.25) is 11.9 Å². The average molecular weight is 309 g/mol. The molecule has 8 nitrogen and oxygen atoms in total. The summed E-state index contributed by atoms with van der Waals surface area (Å²) < 4.78 is 0. The molecule has 1 unspecified atom stereocenters. The normalized spacial score (nSPS) is 18.7. The fourth-order valence-corrected chi connectivity index (χ4v) is 2.44. The lowest BCUT2D eigenvalue weighted by Crippen LogP contribution is -2.27. The molecule has 0 radical (unpaired) electrons. The van der Waals surface area contributed by atoms with E-state index < -0.39 is 0 Å². The SMILES string of the molecule is Nc1nc(N2CC(CCl)CC2=O)nc2ncc(CO)nc12. The first kappa shape index (κ1) is 13.9. The summed E-state index contributed by atoms with van der Waals surface area (Å²) in [5.41, 5.74) is 6.84. The summed E-state index contributed by atoms with van der Waals surface area (Å²) in [6.07, 6.45) is 1.78. The third-order valence-corrected chi connectivity index (χ3v) is 3.74. The molecule has 21 heavy (non-hydrogen) atoms. The molecule has 3 N–H and O–H groups in total. The summed E-state index contributed by atoms with van der Waals surface area (Å²) >= 11 is 5.80. The minimum atomic E-state index is -0.244. The third kappa shape index (κ3) is 2.47. The summed E-state index contributed by atoms with van der Waals surface area (Å²) in [6, 6.07) is 0. The molecule has 1 aliphatic rings. The molecule has 0 spiro atoms. The van der Waals surface area contributed by atoms with Crippen LogP contribution in [0.1, 0.15) is 12.1 Å². The fraction of sp³-hybridized carbons (Fsp3) is 0.417. The van der Waals surface area contributed by atoms with Gasteiger partial charge in [-0.05, 0) is 5.92 Å². The maximum absolute atomic E-state index is 12.0. The zero-order valence-corrected chi connectivity index (χ0v) is 11.8. The lowest BCUT2D eigenvalue weighted by atomic mass is 10.2. The second kappa shape index (κ2) is 5.38. The summed E-state index contributed by atoms with van der Waals surface area (Å²) in [6.45, 7) is 0.224. The Bertz CT molecular complexity index is 709. The number of amides is 1. The minimum Gasteiger partial charge on any atom is -0.390 e. The Morgan fingerprint density at radius 1 is 1.43 bits per heavy atom. The number of hydrogen-bond acceptors (Lipinski definition) is 7. The van der Waals surface area contributed by atoms with Crippen LogP contribution in [0.2, 0.25) is 0 Å². The molecule has 0 saturated carbocycles. The smallest absolute Gasteiger partial charge is 0.236 e. The third-order valence-electron chi connectivity index (χ3n) is 3.30. The monoisotopic (exact) mass is 308 g/mol. The molecule has 2 aromatic rings. The first-order valence-electron chi connectivity index (χ1n) is 6.38. The molecule has 3 rings (SSSR count). The number of carbonyl (C=O) groups excluding carboxylic acids is 1. The number of alkyl halides is 1. The molecule has 1 atom stereocenters. The second-order valence-corrected chi connectivity index (χ2v) is 5.14. The van der Waals surface area contributed by atoms with Gasteiger partial charge in [0.15, 0.2) is 17.0 Å². The molecule has 110 valence electrons. The van der Waals surface area contributed by atoms with Gasteiger partial charge in [-0.3, -0.25) is 9.69 Å². The van der Waals surface area contributed by atoms with Crippen LogP contribution in [0.5, 0.6) is 0 Å². The average Bonchev–Trinajstić information content (AvgIpc) is 2.88. The van der Waals surface area contributed by atoms with Crippen molar-refractivity contribution in [1.82, 2.24) is 19.9 Å². The fourth-order valence-electron chi connectivity index (χ4n) is 2.23. The number of nitrogens with two attached hydrogens (primary N) is 1. The maximum atomic E-state index is 12.0. The molecule has 1 aliphatic heterocycles. The highest BCUT2D eigenvalue weighted by Crippen LogP contribution is 2.25. The molecular weight excluding hydrogens is 296 g/mol. The van der Waals surface area contributed by atoms with Crippen molar-refractivity contribution in [2.75, 3.05) is 23.1 Å². The van der Waals surface area contributed by atoms with Crippen molar-refractivity contribution in [3.63, 3.8) is 0 Å². The van der Waals surface area contributed by atoms with Gasteiger partial charge in [0.05, 0.1) is 18.5 Å². The largest absolute Gasteiger partial charge is 0.390 e. The van der Waals surface area contributed by atoms with E-state index in [1.165, 1.54) is 11.1 Å². The van der Waals surface area contributed by atoms with Gasteiger partial charge >= 0.3 is 0 Å². The van der Waals surface area contributed by atoms with Gasteiger partial charge in [0.1, 0.15) is 0 Å². The first-order chi connectivity index (χ1) is 10.1. The minimum absolute atomic E-state index is 0.0839. The highest BCUT2D eigenvalue weighted by molar-refractivity contribution is 6.18. The van der Waals surface area contributed by atoms with Crippen LogP contribution in [0, 0.1) is 5.92 Å². The zero-order chi connectivity index (χ0) is 15.0. The summed E-state index contributed by atoms with van der Waals surface area (Å²) in [7, 11) is 0. The van der Waals surface area contributed by atoms with Crippen LogP contribution >= 0.6 is 11.6 Å². The Labute approximate surface area is 125 Å². The van der Waals surface area contributed by atoms with Gasteiger partial charge in [-0.15, -0.1) is 11.6 Å². The summed E-state index contributed by atoms with van der Waals surface area (Å²) in [5, 5.41) is 9.06. The lowest BCUT2D eigenvalue weighted by Gasteiger charge is -2.14. The molecule has 0 aromatic carbocycles. The Kier molecular flexibility index (Phi) is 3.56. The lowest BCUT2D eigenvalue weighted by molar-refractivity contribution is -0.117. The number of anilines is 2. The number of nitrogens with zero attached hydrogens (tertiary/aromatic N) is 5. The Morgan fingerprint density at radius 2 is 2.24 bits per heavy atom. The molecule has 0 bridgehead atoms. The molecule has 2 aromatic heterocycles. The molecule has 1 amide bonds. The molecule has 1 fully saturated rings. The van der Waals surface area contributed by atoms with Crippen molar-refractivity contribution in [2.45, 2.75) is 13.0 Å². The van der Waals surface area contributed by atoms with Gasteiger partial charge in [-0.1, -0.05) is 0 Å². The quantitative estimate of drug-likeness (QED) is 0.771. The van der Waals surface area contributed by atoms with E-state index in [0.717, 1.165) is 0 Å². The van der Waals surface area contributed by atoms with E-state index in [-0.39, 0.29) is 35.8 Å². The number of nitrogen functional groups attached to an aromatic ring is 1. The molecule has 9 heteroatoms. The Hall–Kier alpha value is -2.06. The van der Waals surface area contributed by atoms with E-state index in [2.05, 4.69) is 19.9 Å². The highest BCUT2D eigenvalue weighted by atomic mass is 35.5. The highest BCUT2D eigenvalue weighted by Gasteiger charge is 2.32. The van der Waals surface area contributed by atoms with Crippen molar-refractivity contribution in [1.29, 1.82) is 0 Å². The van der Waals surface area contributed by atoms with E-state index in [1.807, 2.05) is 0 Å². The number of carbonyl (C=O) groups is 1. The second-order valence-electron chi connectivity index (χ2n) is 4.83. The van der Waals surface area contributed by atoms with Crippen molar-refractivity contribution >= 4 is 40.4 Å². The number of rotatable bonds is 3. The molecule has 3 heterocycles. The van der Waals surface area contributed by atoms with Gasteiger partial charge in [0.25, 0.3) is 0 Å². The van der Waals surface area contributed by atoms with Gasteiger partial charge in [-0.25, -0.2) is 9.97 Å². The van der Waals surface area contributed by atoms with E-state index in [4.69, 9.17) is 22.4 Å². The topological polar surface area (TPSA) is 118 Å². The number of halogens is 1. The van der Waals surface area contributed by atoms with Crippen LogP contribution in [0.4, 0.5) is 11.8 Å². The van der Waals surface area contributed by atoms with E-state index in [1.54, 1.807) is 0 Å². The summed E-state index contributed by atoms with van der Waals surface area (Å²) in [4.78, 5) is 30.0. The predicted octanol–water partition coefficient (Wildman–Crippen LogP) is 0.0860. The predicted molar refractivity (Wildman–Crippen MR) is 76.6 cm³/mol. The van der Waals surface area contributed by atoms with Crippen molar-refractivity contribution < 1.29 is 9.90 Å². The Balaban J connectivity index is 2.03. The first-order valence-corrected chi connectivity index (χ1v) is 6.92. The van der Waals surface area contributed by atoms with Crippen LogP contribution in [-0.4, -0.2) is 43.4 Å². The van der Waals surface area contributed by atoms with E-state index >= 15 is 0 Å². The van der Waals surface area contributed by atoms with E-state index in [9.17, 15) is 4.79 Å². The van der Waals surface area contributed by atoms with Crippen LogP contribution < -0.4 is 10.6 Å². The zero-order valence-electron chi connectivity index (χ0n) is 11.0. The van der Waals surface area contributed by atoms with Gasteiger partial charge in [-0.2, -0.15) is 9.97 Å². The molecule has 0 aliphatic carbocycles. The van der Waals surface area contributed by atoms with Gasteiger partial charge in [0, 0.05) is 18.8 Å². The summed E-state index contributed by atoms with van der Waals surface area (Å²) in [5.74, 6) is 0.746. The van der Waals surface area contributed by atoms with Gasteiger partial charge < -0.3 is 10.8 Å². The standard InChI is InChI=1S/C12H13ClN6O2/c13-2-6-1-8(21)19(4-6)12-17-10(14)9-11(18-12)15-3-7(5-20)16-9/h3,6,20H,1-2,4-5H2,(H2,14,15,17,18). The van der Waals surface area contributed by atoms with Crippen LogP contribution in [0.15, 0.2) is 6.20 Å². The van der Waals surface area contributed by atoms with Crippen molar-refractivity contribution in [2.24, 2.45) is 5.92 Å². The number of fused-ring (bicyclic) bond motifs is 1. The maximum Gasteiger partial charge on any atom is 0.236 e. The molecule has 1 saturated heterocycles. The molecular formula is C12H13ClN6O2. The van der Waals surface area contributed by atoms with Crippen molar-refractivity contribution in [3.05, 3.63) is 11.9 Å². The van der Waals surface area contributed by atoms with Crippen LogP contribution in [0.3, 0.4) is 0 Å².